The van der Waals surface area contributed by atoms with Gasteiger partial charge in [0, 0.05) is 12.8 Å². The lowest BCUT2D eigenvalue weighted by Gasteiger charge is -2.03. The molecule has 100 valence electrons. The summed E-state index contributed by atoms with van der Waals surface area (Å²) >= 11 is 0. The van der Waals surface area contributed by atoms with E-state index in [4.69, 9.17) is 4.74 Å². The molecule has 0 N–H and O–H groups in total. The van der Waals surface area contributed by atoms with Gasteiger partial charge in [-0.25, -0.2) is 9.67 Å². The van der Waals surface area contributed by atoms with Gasteiger partial charge in [0.05, 0.1) is 6.61 Å². The molecular formula is C12H19N3O3. The summed E-state index contributed by atoms with van der Waals surface area (Å²) < 4.78 is 6.30. The summed E-state index contributed by atoms with van der Waals surface area (Å²) in [5.41, 5.74) is 0. The predicted molar refractivity (Wildman–Crippen MR) is 65.0 cm³/mol. The summed E-state index contributed by atoms with van der Waals surface area (Å²) in [5.74, 6) is 0.784. The molecule has 0 aliphatic rings. The van der Waals surface area contributed by atoms with Gasteiger partial charge in [0.15, 0.2) is 11.6 Å². The lowest BCUT2D eigenvalue weighted by atomic mass is 10.3. The van der Waals surface area contributed by atoms with Gasteiger partial charge in [0.1, 0.15) is 18.8 Å². The van der Waals surface area contributed by atoms with Crippen LogP contribution in [0.15, 0.2) is 0 Å². The molecule has 0 atom stereocenters. The number of carbonyl (C=O) groups excluding carboxylic acids is 2. The molecule has 0 bridgehead atoms. The molecule has 0 unspecified atom stereocenters. The summed E-state index contributed by atoms with van der Waals surface area (Å²) in [7, 11) is 0. The van der Waals surface area contributed by atoms with Gasteiger partial charge in [0.2, 0.25) is 0 Å². The van der Waals surface area contributed by atoms with Gasteiger partial charge in [-0.15, -0.1) is 0 Å². The zero-order chi connectivity index (χ0) is 13.5. The number of aryl methyl sites for hydroxylation is 2. The first-order chi connectivity index (χ1) is 8.60. The highest BCUT2D eigenvalue weighted by molar-refractivity contribution is 5.95. The zero-order valence-corrected chi connectivity index (χ0v) is 11.1. The van der Waals surface area contributed by atoms with Crippen molar-refractivity contribution in [2.24, 2.45) is 0 Å². The number of hydrogen-bond acceptors (Lipinski definition) is 5. The Balaban J connectivity index is 2.63. The van der Waals surface area contributed by atoms with Gasteiger partial charge in [0.25, 0.3) is 0 Å². The number of Topliss-reactive ketones (excluding diaryl/α,β-unsaturated/α-hetero) is 1. The number of esters is 1. The molecular weight excluding hydrogens is 234 g/mol. The first-order valence-corrected chi connectivity index (χ1v) is 6.20. The minimum absolute atomic E-state index is 0.0784. The van der Waals surface area contributed by atoms with Crippen molar-refractivity contribution in [3.05, 3.63) is 11.6 Å². The number of ether oxygens (including phenoxy) is 1. The van der Waals surface area contributed by atoms with E-state index in [0.29, 0.717) is 6.42 Å². The summed E-state index contributed by atoms with van der Waals surface area (Å²) in [6, 6.07) is 0. The number of aromatic nitrogens is 3. The van der Waals surface area contributed by atoms with Crippen molar-refractivity contribution in [2.45, 2.75) is 46.6 Å². The molecule has 18 heavy (non-hydrogen) atoms. The second-order valence-electron chi connectivity index (χ2n) is 3.83. The van der Waals surface area contributed by atoms with Crippen LogP contribution in [0.1, 0.15) is 38.8 Å². The van der Waals surface area contributed by atoms with E-state index in [2.05, 4.69) is 10.1 Å². The van der Waals surface area contributed by atoms with E-state index in [1.54, 1.807) is 11.6 Å². The molecule has 0 amide bonds. The number of hydrogen-bond donors (Lipinski definition) is 0. The Morgan fingerprint density at radius 3 is 2.50 bits per heavy atom. The van der Waals surface area contributed by atoms with Crippen LogP contribution < -0.4 is 0 Å². The summed E-state index contributed by atoms with van der Waals surface area (Å²) in [6.45, 7) is 5.99. The van der Waals surface area contributed by atoms with Gasteiger partial charge in [-0.1, -0.05) is 13.8 Å². The van der Waals surface area contributed by atoms with Crippen molar-refractivity contribution < 1.29 is 14.3 Å². The third-order valence-corrected chi connectivity index (χ3v) is 2.40. The maximum absolute atomic E-state index is 11.7. The summed E-state index contributed by atoms with van der Waals surface area (Å²) in [4.78, 5) is 27.1. The minimum atomic E-state index is -0.489. The van der Waals surface area contributed by atoms with E-state index in [0.717, 1.165) is 18.1 Å². The predicted octanol–water partition coefficient (Wildman–Crippen LogP) is 0.925. The van der Waals surface area contributed by atoms with Crippen molar-refractivity contribution in [3.63, 3.8) is 0 Å². The summed E-state index contributed by atoms with van der Waals surface area (Å²) in [5, 5.41) is 4.23. The van der Waals surface area contributed by atoms with E-state index >= 15 is 0 Å². The van der Waals surface area contributed by atoms with Gasteiger partial charge in [-0.05, 0) is 6.92 Å². The number of ketones is 1. The quantitative estimate of drug-likeness (QED) is 0.533. The monoisotopic (exact) mass is 253 g/mol. The molecule has 0 radical (unpaired) electrons. The van der Waals surface area contributed by atoms with Crippen LogP contribution in [0.25, 0.3) is 0 Å². The van der Waals surface area contributed by atoms with Crippen molar-refractivity contribution >= 4 is 11.8 Å². The first kappa shape index (κ1) is 14.3. The molecule has 0 spiro atoms. The van der Waals surface area contributed by atoms with E-state index in [1.807, 2.05) is 13.8 Å². The lowest BCUT2D eigenvalue weighted by Crippen LogP contribution is -2.18. The second kappa shape index (κ2) is 6.88. The van der Waals surface area contributed by atoms with Crippen molar-refractivity contribution in [2.75, 3.05) is 6.61 Å². The van der Waals surface area contributed by atoms with Crippen LogP contribution in [0.5, 0.6) is 0 Å². The molecule has 1 aromatic heterocycles. The lowest BCUT2D eigenvalue weighted by molar-refractivity contribution is -0.145. The van der Waals surface area contributed by atoms with Gasteiger partial charge < -0.3 is 4.74 Å². The Morgan fingerprint density at radius 1 is 1.22 bits per heavy atom. The number of rotatable bonds is 7. The molecule has 1 rings (SSSR count). The van der Waals surface area contributed by atoms with Gasteiger partial charge >= 0.3 is 5.97 Å². The highest BCUT2D eigenvalue weighted by Gasteiger charge is 2.14. The van der Waals surface area contributed by atoms with Crippen LogP contribution in [0.2, 0.25) is 0 Å². The van der Waals surface area contributed by atoms with Crippen molar-refractivity contribution in [3.8, 4) is 0 Å². The highest BCUT2D eigenvalue weighted by Crippen LogP contribution is 2.02. The second-order valence-corrected chi connectivity index (χ2v) is 3.83. The molecule has 1 aromatic rings. The van der Waals surface area contributed by atoms with Crippen LogP contribution in [-0.2, 0) is 33.7 Å². The topological polar surface area (TPSA) is 74.1 Å². The molecule has 0 aromatic carbocycles. The van der Waals surface area contributed by atoms with Crippen LogP contribution in [0.4, 0.5) is 0 Å². The number of carbonyl (C=O) groups is 2. The van der Waals surface area contributed by atoms with Crippen LogP contribution in [-0.4, -0.2) is 33.1 Å². The van der Waals surface area contributed by atoms with Crippen LogP contribution in [0.3, 0.4) is 0 Å². The zero-order valence-electron chi connectivity index (χ0n) is 11.1. The minimum Gasteiger partial charge on any atom is -0.466 e. The molecule has 1 heterocycles. The van der Waals surface area contributed by atoms with Crippen LogP contribution in [0, 0.1) is 0 Å². The largest absolute Gasteiger partial charge is 0.466 e. The third kappa shape index (κ3) is 3.94. The Hall–Kier alpha value is -1.72. The molecule has 6 heteroatoms. The molecule has 0 aliphatic carbocycles. The molecule has 0 aliphatic heterocycles. The first-order valence-electron chi connectivity index (χ1n) is 6.20. The normalized spacial score (nSPS) is 10.4. The smallest absolute Gasteiger partial charge is 0.313 e. The molecule has 0 saturated heterocycles. The van der Waals surface area contributed by atoms with Gasteiger partial charge in [-0.3, -0.25) is 9.59 Å². The van der Waals surface area contributed by atoms with E-state index in [1.165, 1.54) is 0 Å². The standard InChI is InChI=1S/C12H19N3O3/c1-4-10-13-11(5-2)15(14-10)8-9(16)7-12(17)18-6-3/h4-8H2,1-3H3. The van der Waals surface area contributed by atoms with Crippen molar-refractivity contribution in [1.82, 2.24) is 14.8 Å². The van der Waals surface area contributed by atoms with Crippen LogP contribution >= 0.6 is 0 Å². The fourth-order valence-corrected chi connectivity index (χ4v) is 1.56. The average molecular weight is 253 g/mol. The fourth-order valence-electron chi connectivity index (χ4n) is 1.56. The molecule has 0 saturated carbocycles. The third-order valence-electron chi connectivity index (χ3n) is 2.40. The average Bonchev–Trinajstić information content (AvgIpc) is 2.71. The fraction of sp³-hybridized carbons (Fsp3) is 0.667. The Bertz CT molecular complexity index is 426. The van der Waals surface area contributed by atoms with E-state index < -0.39 is 5.97 Å². The maximum atomic E-state index is 11.7. The van der Waals surface area contributed by atoms with Crippen molar-refractivity contribution in [1.29, 1.82) is 0 Å². The number of nitrogens with zero attached hydrogens (tertiary/aromatic N) is 3. The summed E-state index contributed by atoms with van der Waals surface area (Å²) in [6.07, 6.45) is 1.23. The van der Waals surface area contributed by atoms with Gasteiger partial charge in [-0.2, -0.15) is 5.10 Å². The Kier molecular flexibility index (Phi) is 5.48. The highest BCUT2D eigenvalue weighted by atomic mass is 16.5. The Morgan fingerprint density at radius 2 is 1.94 bits per heavy atom. The molecule has 0 fully saturated rings. The van der Waals surface area contributed by atoms with E-state index in [9.17, 15) is 9.59 Å². The molecule has 6 nitrogen and oxygen atoms in total. The Labute approximate surface area is 106 Å². The van der Waals surface area contributed by atoms with E-state index in [-0.39, 0.29) is 25.4 Å². The maximum Gasteiger partial charge on any atom is 0.313 e. The SMILES string of the molecule is CCOC(=O)CC(=O)Cn1nc(CC)nc1CC.